The second kappa shape index (κ2) is 11.1. The second-order valence-corrected chi connectivity index (χ2v) is 9.35. The van der Waals surface area contributed by atoms with Gasteiger partial charge in [0, 0.05) is 26.2 Å². The van der Waals surface area contributed by atoms with Gasteiger partial charge in [-0.15, -0.1) is 5.10 Å². The Morgan fingerprint density at radius 3 is 2.53 bits per heavy atom. The molecule has 0 spiro atoms. The third-order valence-corrected chi connectivity index (χ3v) is 6.67. The molecule has 0 radical (unpaired) electrons. The number of aromatic amines is 1. The molecule has 3 rings (SSSR count). The molecule has 0 aliphatic carbocycles. The third-order valence-electron chi connectivity index (χ3n) is 5.21. The van der Waals surface area contributed by atoms with Gasteiger partial charge in [-0.1, -0.05) is 0 Å². The molecule has 34 heavy (non-hydrogen) atoms. The number of H-pyrrole nitrogens is 1. The van der Waals surface area contributed by atoms with Gasteiger partial charge in [-0.3, -0.25) is 9.69 Å². The Morgan fingerprint density at radius 1 is 1.18 bits per heavy atom. The van der Waals surface area contributed by atoms with Gasteiger partial charge < -0.3 is 19.9 Å². The fourth-order valence-corrected chi connectivity index (χ4v) is 4.68. The highest BCUT2D eigenvalue weighted by atomic mass is 32.2. The van der Waals surface area contributed by atoms with Gasteiger partial charge in [0.2, 0.25) is 10.0 Å². The van der Waals surface area contributed by atoms with E-state index in [1.165, 1.54) is 22.7 Å². The van der Waals surface area contributed by atoms with E-state index >= 15 is 0 Å². The van der Waals surface area contributed by atoms with Crippen LogP contribution in [-0.4, -0.2) is 89.1 Å². The van der Waals surface area contributed by atoms with Crippen molar-refractivity contribution in [3.8, 4) is 17.1 Å². The van der Waals surface area contributed by atoms with Crippen LogP contribution in [0.15, 0.2) is 27.9 Å². The Kier molecular flexibility index (Phi) is 8.38. The van der Waals surface area contributed by atoms with Crippen molar-refractivity contribution in [3.63, 3.8) is 0 Å². The number of sulfonamides is 1. The van der Waals surface area contributed by atoms with Gasteiger partial charge in [-0.25, -0.2) is 22.6 Å². The van der Waals surface area contributed by atoms with Gasteiger partial charge in [-0.05, 0) is 39.0 Å². The summed E-state index contributed by atoms with van der Waals surface area (Å²) in [5.74, 6) is 1.05. The molecule has 2 heterocycles. The number of hydrogen-bond donors (Lipinski definition) is 4. The number of imidazole rings is 1. The van der Waals surface area contributed by atoms with E-state index in [9.17, 15) is 13.2 Å². The van der Waals surface area contributed by atoms with E-state index in [4.69, 9.17) is 14.9 Å². The topological polar surface area (TPSA) is 162 Å². The lowest BCUT2D eigenvalue weighted by Crippen LogP contribution is -2.37. The van der Waals surface area contributed by atoms with E-state index in [0.29, 0.717) is 54.6 Å². The molecule has 0 saturated heterocycles. The summed E-state index contributed by atoms with van der Waals surface area (Å²) in [5, 5.41) is 22.7. The Balaban J connectivity index is 1.96. The summed E-state index contributed by atoms with van der Waals surface area (Å²) in [4.78, 5) is 21.4. The molecule has 0 aliphatic heterocycles. The van der Waals surface area contributed by atoms with E-state index in [-0.39, 0.29) is 30.5 Å². The number of aryl methyl sites for hydroxylation is 2. The summed E-state index contributed by atoms with van der Waals surface area (Å²) in [5.41, 5.74) is 0.779. The van der Waals surface area contributed by atoms with E-state index in [1.807, 2.05) is 0 Å². The normalized spacial score (nSPS) is 12.1. The van der Waals surface area contributed by atoms with Crippen LogP contribution in [0.2, 0.25) is 0 Å². The van der Waals surface area contributed by atoms with E-state index in [2.05, 4.69) is 19.8 Å². The number of hydrogen-bond acceptors (Lipinski definition) is 9. The van der Waals surface area contributed by atoms with E-state index < -0.39 is 15.6 Å². The Hall–Kier alpha value is -2.84. The number of fused-ring (bicyclic) bond motifs is 1. The number of rotatable bonds is 12. The fraction of sp³-hybridized carbons (Fsp3) is 0.476. The first-order chi connectivity index (χ1) is 16.2. The molecule has 0 unspecified atom stereocenters. The molecule has 186 valence electrons. The highest BCUT2D eigenvalue weighted by Crippen LogP contribution is 2.30. The fourth-order valence-electron chi connectivity index (χ4n) is 3.64. The van der Waals surface area contributed by atoms with Crippen molar-refractivity contribution in [1.82, 2.24) is 29.2 Å². The maximum absolute atomic E-state index is 12.9. The van der Waals surface area contributed by atoms with E-state index in [1.54, 1.807) is 25.7 Å². The van der Waals surface area contributed by atoms with Crippen molar-refractivity contribution < 1.29 is 23.4 Å². The monoisotopic (exact) mass is 494 g/mol. The van der Waals surface area contributed by atoms with Gasteiger partial charge >= 0.3 is 0 Å². The summed E-state index contributed by atoms with van der Waals surface area (Å²) in [7, 11) is -3.90. The van der Waals surface area contributed by atoms with E-state index in [0.717, 1.165) is 0 Å². The third kappa shape index (κ3) is 5.62. The zero-order valence-electron chi connectivity index (χ0n) is 19.4. The van der Waals surface area contributed by atoms with Crippen molar-refractivity contribution in [1.29, 1.82) is 0 Å². The molecule has 0 atom stereocenters. The van der Waals surface area contributed by atoms with Crippen molar-refractivity contribution in [2.75, 3.05) is 46.0 Å². The summed E-state index contributed by atoms with van der Waals surface area (Å²) in [6, 6.07) is 4.34. The molecular weight excluding hydrogens is 464 g/mol. The minimum atomic E-state index is -3.90. The first kappa shape index (κ1) is 25.8. The molecule has 0 saturated carbocycles. The molecule has 4 N–H and O–H groups in total. The molecule has 3 aromatic rings. The Bertz CT molecular complexity index is 1300. The minimum Gasteiger partial charge on any atom is -0.493 e. The highest BCUT2D eigenvalue weighted by Gasteiger charge is 2.20. The highest BCUT2D eigenvalue weighted by molar-refractivity contribution is 7.89. The predicted molar refractivity (Wildman–Crippen MR) is 125 cm³/mol. The molecule has 1 aromatic carbocycles. The van der Waals surface area contributed by atoms with Crippen LogP contribution < -0.4 is 15.0 Å². The van der Waals surface area contributed by atoms with Gasteiger partial charge in [0.15, 0.2) is 11.3 Å². The van der Waals surface area contributed by atoms with Gasteiger partial charge in [0.05, 0.1) is 36.0 Å². The van der Waals surface area contributed by atoms with Crippen LogP contribution in [-0.2, 0) is 10.0 Å². The average Bonchev–Trinajstić information content (AvgIpc) is 3.08. The smallest absolute Gasteiger partial charge is 0.277 e. The molecule has 12 nitrogen and oxygen atoms in total. The lowest BCUT2D eigenvalue weighted by molar-refractivity contribution is 0.163. The number of aliphatic hydroxyl groups excluding tert-OH is 2. The largest absolute Gasteiger partial charge is 0.493 e. The zero-order valence-corrected chi connectivity index (χ0v) is 20.2. The van der Waals surface area contributed by atoms with Crippen molar-refractivity contribution >= 4 is 15.5 Å². The van der Waals surface area contributed by atoms with Crippen LogP contribution in [0, 0.1) is 13.8 Å². The molecule has 13 heteroatoms. The molecule has 0 aliphatic rings. The first-order valence-electron chi connectivity index (χ1n) is 10.9. The predicted octanol–water partition coefficient (Wildman–Crippen LogP) is -0.335. The maximum Gasteiger partial charge on any atom is 0.277 e. The van der Waals surface area contributed by atoms with Crippen molar-refractivity contribution in [2.45, 2.75) is 25.7 Å². The standard InChI is InChI=1S/C21H30N6O6S/c1-4-33-18-6-5-16(34(31,32)22-7-8-26(9-11-28)10-12-29)13-17(18)20-24-21(30)19-14(2)23-15(3)27(19)25-20/h5-6,13,22,28-29H,4,7-12H2,1-3H3,(H,24,25,30). The lowest BCUT2D eigenvalue weighted by Gasteiger charge is -2.20. The van der Waals surface area contributed by atoms with Crippen molar-refractivity contribution in [2.24, 2.45) is 0 Å². The Morgan fingerprint density at radius 2 is 1.88 bits per heavy atom. The first-order valence-corrected chi connectivity index (χ1v) is 12.4. The van der Waals surface area contributed by atoms with Gasteiger partial charge in [0.1, 0.15) is 11.6 Å². The van der Waals surface area contributed by atoms with Crippen LogP contribution in [0.5, 0.6) is 5.75 Å². The number of aromatic nitrogens is 4. The zero-order chi connectivity index (χ0) is 24.9. The molecule has 2 aromatic heterocycles. The SMILES string of the molecule is CCOc1ccc(S(=O)(=O)NCCN(CCO)CCO)cc1-c1nn2c(C)nc(C)c2c(=O)[nH]1. The second-order valence-electron chi connectivity index (χ2n) is 7.59. The van der Waals surface area contributed by atoms with Crippen LogP contribution in [0.4, 0.5) is 0 Å². The van der Waals surface area contributed by atoms with Crippen LogP contribution in [0.1, 0.15) is 18.4 Å². The van der Waals surface area contributed by atoms with Crippen molar-refractivity contribution in [3.05, 3.63) is 40.1 Å². The molecular formula is C21H30N6O6S. The molecule has 0 amide bonds. The number of ether oxygens (including phenoxy) is 1. The number of nitrogens with one attached hydrogen (secondary N) is 2. The average molecular weight is 495 g/mol. The molecule has 0 bridgehead atoms. The summed E-state index contributed by atoms with van der Waals surface area (Å²) >= 11 is 0. The van der Waals surface area contributed by atoms with Gasteiger partial charge in [-0.2, -0.15) is 0 Å². The Labute approximate surface area is 197 Å². The van der Waals surface area contributed by atoms with Crippen LogP contribution in [0.3, 0.4) is 0 Å². The quantitative estimate of drug-likeness (QED) is 0.264. The maximum atomic E-state index is 12.9. The minimum absolute atomic E-state index is 0.0249. The van der Waals surface area contributed by atoms with Crippen LogP contribution >= 0.6 is 0 Å². The summed E-state index contributed by atoms with van der Waals surface area (Å²) in [6.07, 6.45) is 0. The lowest BCUT2D eigenvalue weighted by atomic mass is 10.2. The number of benzene rings is 1. The van der Waals surface area contributed by atoms with Gasteiger partial charge in [0.25, 0.3) is 5.56 Å². The number of nitrogens with zero attached hydrogens (tertiary/aromatic N) is 4. The van der Waals surface area contributed by atoms with Crippen LogP contribution in [0.25, 0.3) is 16.9 Å². The summed E-state index contributed by atoms with van der Waals surface area (Å²) < 4.78 is 35.5. The summed E-state index contributed by atoms with van der Waals surface area (Å²) in [6.45, 7) is 6.42. The molecule has 0 fully saturated rings. The number of aliphatic hydroxyl groups is 2.